The fraction of sp³-hybridized carbons (Fsp3) is 0.167. The van der Waals surface area contributed by atoms with Gasteiger partial charge in [0.25, 0.3) is 5.91 Å². The number of amides is 2. The molecule has 5 heteroatoms. The van der Waals surface area contributed by atoms with Crippen LogP contribution in [0, 0.1) is 13.8 Å². The minimum atomic E-state index is -0.155. The van der Waals surface area contributed by atoms with E-state index in [0.717, 1.165) is 16.8 Å². The lowest BCUT2D eigenvalue weighted by Gasteiger charge is -2.11. The van der Waals surface area contributed by atoms with Gasteiger partial charge in [0.2, 0.25) is 5.91 Å². The second-order valence-electron chi connectivity index (χ2n) is 6.95. The van der Waals surface area contributed by atoms with Crippen molar-refractivity contribution in [3.8, 4) is 0 Å². The van der Waals surface area contributed by atoms with Crippen molar-refractivity contribution in [3.05, 3.63) is 95.1 Å². The van der Waals surface area contributed by atoms with E-state index in [9.17, 15) is 9.59 Å². The highest BCUT2D eigenvalue weighted by Crippen LogP contribution is 2.14. The fourth-order valence-electron chi connectivity index (χ4n) is 2.86. The first kappa shape index (κ1) is 20.1. The van der Waals surface area contributed by atoms with Crippen LogP contribution in [0.5, 0.6) is 0 Å². The molecule has 0 aliphatic heterocycles. The molecule has 2 amide bonds. The third-order valence-corrected chi connectivity index (χ3v) is 4.66. The van der Waals surface area contributed by atoms with Crippen molar-refractivity contribution in [2.45, 2.75) is 20.4 Å². The van der Waals surface area contributed by atoms with Gasteiger partial charge in [0, 0.05) is 23.5 Å². The summed E-state index contributed by atoms with van der Waals surface area (Å²) in [6, 6.07) is 22.7. The maximum absolute atomic E-state index is 12.4. The summed E-state index contributed by atoms with van der Waals surface area (Å²) < 4.78 is 0. The van der Waals surface area contributed by atoms with E-state index in [4.69, 9.17) is 0 Å². The van der Waals surface area contributed by atoms with Gasteiger partial charge in [0.05, 0.1) is 6.54 Å². The smallest absolute Gasteiger partial charge is 0.251 e. The van der Waals surface area contributed by atoms with E-state index < -0.39 is 0 Å². The standard InChI is InChI=1S/C24H25N3O2/c1-17-11-12-22(13-18(17)2)27-23(28)16-25-21-10-6-9-20(14-21)24(29)26-15-19-7-4-3-5-8-19/h3-14,25H,15-16H2,1-2H3,(H,26,29)(H,27,28). The van der Waals surface area contributed by atoms with E-state index in [0.29, 0.717) is 17.8 Å². The number of rotatable bonds is 7. The van der Waals surface area contributed by atoms with E-state index in [-0.39, 0.29) is 18.4 Å². The van der Waals surface area contributed by atoms with E-state index in [1.165, 1.54) is 5.56 Å². The van der Waals surface area contributed by atoms with Crippen molar-refractivity contribution in [1.29, 1.82) is 0 Å². The Labute approximate surface area is 171 Å². The Hall–Kier alpha value is -3.60. The van der Waals surface area contributed by atoms with Crippen molar-refractivity contribution < 1.29 is 9.59 Å². The maximum Gasteiger partial charge on any atom is 0.251 e. The Bertz CT molecular complexity index is 1000. The van der Waals surface area contributed by atoms with E-state index in [1.54, 1.807) is 18.2 Å². The first-order valence-corrected chi connectivity index (χ1v) is 9.54. The van der Waals surface area contributed by atoms with Gasteiger partial charge in [-0.25, -0.2) is 0 Å². The number of benzene rings is 3. The zero-order valence-electron chi connectivity index (χ0n) is 16.7. The molecule has 0 atom stereocenters. The predicted octanol–water partition coefficient (Wildman–Crippen LogP) is 4.28. The van der Waals surface area contributed by atoms with Crippen LogP contribution in [0.15, 0.2) is 72.8 Å². The van der Waals surface area contributed by atoms with Crippen LogP contribution in [-0.2, 0) is 11.3 Å². The molecular weight excluding hydrogens is 362 g/mol. The largest absolute Gasteiger partial charge is 0.376 e. The molecule has 0 bridgehead atoms. The zero-order chi connectivity index (χ0) is 20.6. The van der Waals surface area contributed by atoms with Crippen molar-refractivity contribution >= 4 is 23.2 Å². The summed E-state index contributed by atoms with van der Waals surface area (Å²) in [4.78, 5) is 24.6. The predicted molar refractivity (Wildman–Crippen MR) is 117 cm³/mol. The minimum Gasteiger partial charge on any atom is -0.376 e. The average Bonchev–Trinajstić information content (AvgIpc) is 2.74. The SMILES string of the molecule is Cc1ccc(NC(=O)CNc2cccc(C(=O)NCc3ccccc3)c2)cc1C. The second kappa shape index (κ2) is 9.55. The van der Waals surface area contributed by atoms with E-state index in [2.05, 4.69) is 16.0 Å². The molecule has 3 N–H and O–H groups in total. The molecule has 0 unspecified atom stereocenters. The molecule has 0 heterocycles. The number of hydrogen-bond donors (Lipinski definition) is 3. The topological polar surface area (TPSA) is 70.2 Å². The molecule has 0 aliphatic carbocycles. The van der Waals surface area contributed by atoms with Gasteiger partial charge in [0.15, 0.2) is 0 Å². The number of aryl methyl sites for hydroxylation is 2. The van der Waals surface area contributed by atoms with Crippen LogP contribution >= 0.6 is 0 Å². The summed E-state index contributed by atoms with van der Waals surface area (Å²) in [6.07, 6.45) is 0. The molecule has 0 aromatic heterocycles. The van der Waals surface area contributed by atoms with Gasteiger partial charge < -0.3 is 16.0 Å². The van der Waals surface area contributed by atoms with Gasteiger partial charge in [0.1, 0.15) is 0 Å². The Morgan fingerprint density at radius 1 is 0.793 bits per heavy atom. The van der Waals surface area contributed by atoms with E-state index in [1.807, 2.05) is 68.4 Å². The van der Waals surface area contributed by atoms with Crippen molar-refractivity contribution in [3.63, 3.8) is 0 Å². The molecule has 0 aliphatic rings. The fourth-order valence-corrected chi connectivity index (χ4v) is 2.86. The molecule has 0 saturated heterocycles. The average molecular weight is 387 g/mol. The number of hydrogen-bond acceptors (Lipinski definition) is 3. The molecule has 148 valence electrons. The third kappa shape index (κ3) is 5.94. The number of anilines is 2. The molecule has 3 aromatic carbocycles. The second-order valence-corrected chi connectivity index (χ2v) is 6.95. The number of carbonyl (C=O) groups excluding carboxylic acids is 2. The maximum atomic E-state index is 12.4. The van der Waals surface area contributed by atoms with Gasteiger partial charge in [-0.2, -0.15) is 0 Å². The van der Waals surface area contributed by atoms with Crippen molar-refractivity contribution in [2.24, 2.45) is 0 Å². The quantitative estimate of drug-likeness (QED) is 0.567. The lowest BCUT2D eigenvalue weighted by atomic mass is 10.1. The molecule has 29 heavy (non-hydrogen) atoms. The van der Waals surface area contributed by atoms with Crippen LogP contribution in [0.2, 0.25) is 0 Å². The Balaban J connectivity index is 1.53. The van der Waals surface area contributed by atoms with Gasteiger partial charge in [-0.15, -0.1) is 0 Å². The summed E-state index contributed by atoms with van der Waals surface area (Å²) in [7, 11) is 0. The molecule has 0 saturated carbocycles. The first-order valence-electron chi connectivity index (χ1n) is 9.54. The van der Waals surface area contributed by atoms with Crippen LogP contribution in [0.3, 0.4) is 0 Å². The normalized spacial score (nSPS) is 10.3. The number of carbonyl (C=O) groups is 2. The molecule has 0 spiro atoms. The summed E-state index contributed by atoms with van der Waals surface area (Å²) in [5.41, 5.74) is 5.38. The molecule has 3 aromatic rings. The van der Waals surface area contributed by atoms with Crippen molar-refractivity contribution in [1.82, 2.24) is 5.32 Å². The minimum absolute atomic E-state index is 0.113. The van der Waals surface area contributed by atoms with Gasteiger partial charge in [-0.05, 0) is 60.9 Å². The lowest BCUT2D eigenvalue weighted by Crippen LogP contribution is -2.24. The van der Waals surface area contributed by atoms with Crippen LogP contribution in [0.1, 0.15) is 27.0 Å². The van der Waals surface area contributed by atoms with Gasteiger partial charge >= 0.3 is 0 Å². The molecular formula is C24H25N3O2. The highest BCUT2D eigenvalue weighted by Gasteiger charge is 2.08. The van der Waals surface area contributed by atoms with E-state index >= 15 is 0 Å². The third-order valence-electron chi connectivity index (χ3n) is 4.66. The molecule has 3 rings (SSSR count). The highest BCUT2D eigenvalue weighted by molar-refractivity contribution is 5.96. The summed E-state index contributed by atoms with van der Waals surface area (Å²) in [6.45, 7) is 4.63. The van der Waals surface area contributed by atoms with Crippen LogP contribution in [-0.4, -0.2) is 18.4 Å². The van der Waals surface area contributed by atoms with Crippen LogP contribution < -0.4 is 16.0 Å². The number of nitrogens with one attached hydrogen (secondary N) is 3. The monoisotopic (exact) mass is 387 g/mol. The summed E-state index contributed by atoms with van der Waals surface area (Å²) in [5.74, 6) is -0.302. The zero-order valence-corrected chi connectivity index (χ0v) is 16.7. The van der Waals surface area contributed by atoms with Crippen LogP contribution in [0.25, 0.3) is 0 Å². The Morgan fingerprint density at radius 2 is 1.59 bits per heavy atom. The van der Waals surface area contributed by atoms with Crippen LogP contribution in [0.4, 0.5) is 11.4 Å². The summed E-state index contributed by atoms with van der Waals surface area (Å²) >= 11 is 0. The van der Waals surface area contributed by atoms with Gasteiger partial charge in [-0.3, -0.25) is 9.59 Å². The Kier molecular flexibility index (Phi) is 6.63. The van der Waals surface area contributed by atoms with Gasteiger partial charge in [-0.1, -0.05) is 42.5 Å². The Morgan fingerprint density at radius 3 is 2.34 bits per heavy atom. The first-order chi connectivity index (χ1) is 14.0. The van der Waals surface area contributed by atoms with Crippen molar-refractivity contribution in [2.75, 3.05) is 17.2 Å². The molecule has 5 nitrogen and oxygen atoms in total. The summed E-state index contributed by atoms with van der Waals surface area (Å²) in [5, 5.41) is 8.85. The lowest BCUT2D eigenvalue weighted by molar-refractivity contribution is -0.114. The molecule has 0 fully saturated rings. The highest BCUT2D eigenvalue weighted by atomic mass is 16.2. The molecule has 0 radical (unpaired) electrons.